The zero-order valence-corrected chi connectivity index (χ0v) is 11.2. The second-order valence-electron chi connectivity index (χ2n) is 4.52. The van der Waals surface area contributed by atoms with E-state index in [1.165, 1.54) is 0 Å². The number of ether oxygens (including phenoxy) is 1. The lowest BCUT2D eigenvalue weighted by Gasteiger charge is -2.29. The number of carbonyl (C=O) groups excluding carboxylic acids is 1. The summed E-state index contributed by atoms with van der Waals surface area (Å²) < 4.78 is 5.29. The highest BCUT2D eigenvalue weighted by molar-refractivity contribution is 6.30. The van der Waals surface area contributed by atoms with Crippen molar-refractivity contribution in [3.05, 3.63) is 23.0 Å². The molecule has 18 heavy (non-hydrogen) atoms. The molecule has 0 aliphatic carbocycles. The molecule has 2 heterocycles. The molecule has 6 heteroatoms. The van der Waals surface area contributed by atoms with Crippen LogP contribution in [0.2, 0.25) is 5.02 Å². The SMILES string of the molecule is CC(CN1CCOCC1)NC(=O)c1cc(Cl)c[nH]1. The van der Waals surface area contributed by atoms with Crippen molar-refractivity contribution in [3.63, 3.8) is 0 Å². The summed E-state index contributed by atoms with van der Waals surface area (Å²) in [5.41, 5.74) is 0.494. The van der Waals surface area contributed by atoms with Crippen LogP contribution in [0.3, 0.4) is 0 Å². The summed E-state index contributed by atoms with van der Waals surface area (Å²) in [7, 11) is 0. The molecule has 1 amide bonds. The fourth-order valence-electron chi connectivity index (χ4n) is 2.02. The van der Waals surface area contributed by atoms with Crippen LogP contribution in [0.15, 0.2) is 12.3 Å². The predicted octanol–water partition coefficient (Wildman–Crippen LogP) is 1.12. The largest absolute Gasteiger partial charge is 0.379 e. The van der Waals surface area contributed by atoms with Gasteiger partial charge in [-0.15, -0.1) is 0 Å². The minimum absolute atomic E-state index is 0.0951. The van der Waals surface area contributed by atoms with Crippen molar-refractivity contribution in [2.45, 2.75) is 13.0 Å². The first-order chi connectivity index (χ1) is 8.65. The summed E-state index contributed by atoms with van der Waals surface area (Å²) in [5, 5.41) is 3.49. The standard InChI is InChI=1S/C12H18ClN3O2/c1-9(8-16-2-4-18-5-3-16)15-12(17)11-6-10(13)7-14-11/h6-7,9,14H,2-5,8H2,1H3,(H,15,17). The van der Waals surface area contributed by atoms with Crippen LogP contribution in [0.4, 0.5) is 0 Å². The number of carbonyl (C=O) groups is 1. The van der Waals surface area contributed by atoms with Crippen LogP contribution in [-0.4, -0.2) is 54.7 Å². The highest BCUT2D eigenvalue weighted by atomic mass is 35.5. The van der Waals surface area contributed by atoms with Crippen molar-refractivity contribution in [1.29, 1.82) is 0 Å². The number of hydrogen-bond donors (Lipinski definition) is 2. The third-order valence-electron chi connectivity index (χ3n) is 2.91. The van der Waals surface area contributed by atoms with Crippen molar-refractivity contribution in [1.82, 2.24) is 15.2 Å². The number of hydrogen-bond acceptors (Lipinski definition) is 3. The average Bonchev–Trinajstić information content (AvgIpc) is 2.77. The molecule has 1 fully saturated rings. The molecule has 1 aliphatic heterocycles. The lowest BCUT2D eigenvalue weighted by molar-refractivity contribution is 0.0342. The Hall–Kier alpha value is -1.04. The van der Waals surface area contributed by atoms with Gasteiger partial charge in [0.05, 0.1) is 18.2 Å². The Balaban J connectivity index is 1.79. The van der Waals surface area contributed by atoms with Crippen LogP contribution in [0.25, 0.3) is 0 Å². The molecule has 0 bridgehead atoms. The number of aromatic amines is 1. The lowest BCUT2D eigenvalue weighted by atomic mass is 10.2. The van der Waals surface area contributed by atoms with Gasteiger partial charge in [0.25, 0.3) is 5.91 Å². The molecule has 0 radical (unpaired) electrons. The second kappa shape index (κ2) is 6.22. The zero-order chi connectivity index (χ0) is 13.0. The fourth-order valence-corrected chi connectivity index (χ4v) is 2.18. The summed E-state index contributed by atoms with van der Waals surface area (Å²) in [6.07, 6.45) is 1.60. The van der Waals surface area contributed by atoms with Crippen LogP contribution >= 0.6 is 11.6 Å². The third kappa shape index (κ3) is 3.73. The Labute approximate surface area is 111 Å². The molecular formula is C12H18ClN3O2. The normalized spacial score (nSPS) is 18.6. The number of rotatable bonds is 4. The quantitative estimate of drug-likeness (QED) is 0.863. The maximum atomic E-state index is 11.9. The van der Waals surface area contributed by atoms with Crippen LogP contribution in [0.1, 0.15) is 17.4 Å². The van der Waals surface area contributed by atoms with Gasteiger partial charge in [0.15, 0.2) is 0 Å². The molecule has 1 unspecified atom stereocenters. The van der Waals surface area contributed by atoms with Crippen molar-refractivity contribution in [2.75, 3.05) is 32.8 Å². The van der Waals surface area contributed by atoms with Crippen molar-refractivity contribution in [3.8, 4) is 0 Å². The number of H-pyrrole nitrogens is 1. The van der Waals surface area contributed by atoms with Gasteiger partial charge in [0, 0.05) is 31.9 Å². The molecule has 5 nitrogen and oxygen atoms in total. The Kier molecular flexibility index (Phi) is 4.63. The summed E-state index contributed by atoms with van der Waals surface area (Å²) in [4.78, 5) is 17.0. The van der Waals surface area contributed by atoms with E-state index in [4.69, 9.17) is 16.3 Å². The first-order valence-corrected chi connectivity index (χ1v) is 6.48. The first-order valence-electron chi connectivity index (χ1n) is 6.10. The maximum Gasteiger partial charge on any atom is 0.267 e. The van der Waals surface area contributed by atoms with E-state index in [1.807, 2.05) is 6.92 Å². The molecule has 1 atom stereocenters. The molecule has 100 valence electrons. The van der Waals surface area contributed by atoms with Crippen LogP contribution in [0.5, 0.6) is 0 Å². The Morgan fingerprint density at radius 1 is 1.61 bits per heavy atom. The molecule has 1 aliphatic rings. The number of amides is 1. The minimum atomic E-state index is -0.123. The second-order valence-corrected chi connectivity index (χ2v) is 4.96. The number of halogens is 1. The van der Waals surface area contributed by atoms with E-state index in [-0.39, 0.29) is 11.9 Å². The molecule has 0 aromatic carbocycles. The monoisotopic (exact) mass is 271 g/mol. The van der Waals surface area contributed by atoms with Crippen LogP contribution in [0, 0.1) is 0 Å². The van der Waals surface area contributed by atoms with Crippen molar-refractivity contribution < 1.29 is 9.53 Å². The first kappa shape index (κ1) is 13.4. The molecule has 0 spiro atoms. The Bertz CT molecular complexity index is 402. The average molecular weight is 272 g/mol. The van der Waals surface area contributed by atoms with Gasteiger partial charge in [-0.05, 0) is 13.0 Å². The lowest BCUT2D eigenvalue weighted by Crippen LogP contribution is -2.46. The van der Waals surface area contributed by atoms with Crippen molar-refractivity contribution >= 4 is 17.5 Å². The van der Waals surface area contributed by atoms with E-state index < -0.39 is 0 Å². The van der Waals surface area contributed by atoms with Crippen LogP contribution in [-0.2, 0) is 4.74 Å². The van der Waals surface area contributed by atoms with E-state index in [0.29, 0.717) is 10.7 Å². The van der Waals surface area contributed by atoms with Gasteiger partial charge < -0.3 is 15.0 Å². The fraction of sp³-hybridized carbons (Fsp3) is 0.583. The highest BCUT2D eigenvalue weighted by Gasteiger charge is 2.16. The molecule has 2 rings (SSSR count). The van der Waals surface area contributed by atoms with Gasteiger partial charge in [-0.25, -0.2) is 0 Å². The molecule has 2 N–H and O–H groups in total. The van der Waals surface area contributed by atoms with Gasteiger partial charge in [0.2, 0.25) is 0 Å². The number of morpholine rings is 1. The van der Waals surface area contributed by atoms with Gasteiger partial charge in [-0.3, -0.25) is 9.69 Å². The van der Waals surface area contributed by atoms with Gasteiger partial charge >= 0.3 is 0 Å². The molecular weight excluding hydrogens is 254 g/mol. The topological polar surface area (TPSA) is 57.4 Å². The Morgan fingerprint density at radius 3 is 2.94 bits per heavy atom. The molecule has 1 aromatic rings. The maximum absolute atomic E-state index is 11.9. The summed E-state index contributed by atoms with van der Waals surface area (Å²) >= 11 is 5.76. The van der Waals surface area contributed by atoms with Gasteiger partial charge in [-0.1, -0.05) is 11.6 Å². The molecule has 1 aromatic heterocycles. The summed E-state index contributed by atoms with van der Waals surface area (Å²) in [6.45, 7) is 6.23. The predicted molar refractivity (Wildman–Crippen MR) is 70.0 cm³/mol. The smallest absolute Gasteiger partial charge is 0.267 e. The zero-order valence-electron chi connectivity index (χ0n) is 10.4. The molecule has 0 saturated carbocycles. The van der Waals surface area contributed by atoms with E-state index in [2.05, 4.69) is 15.2 Å². The van der Waals surface area contributed by atoms with E-state index >= 15 is 0 Å². The van der Waals surface area contributed by atoms with E-state index in [0.717, 1.165) is 32.8 Å². The number of nitrogens with zero attached hydrogens (tertiary/aromatic N) is 1. The minimum Gasteiger partial charge on any atom is -0.379 e. The number of aromatic nitrogens is 1. The Morgan fingerprint density at radius 2 is 2.33 bits per heavy atom. The van der Waals surface area contributed by atoms with Gasteiger partial charge in [-0.2, -0.15) is 0 Å². The van der Waals surface area contributed by atoms with Crippen molar-refractivity contribution in [2.24, 2.45) is 0 Å². The third-order valence-corrected chi connectivity index (χ3v) is 3.12. The van der Waals surface area contributed by atoms with Gasteiger partial charge in [0.1, 0.15) is 5.69 Å². The highest BCUT2D eigenvalue weighted by Crippen LogP contribution is 2.09. The van der Waals surface area contributed by atoms with E-state index in [1.54, 1.807) is 12.3 Å². The summed E-state index contributed by atoms with van der Waals surface area (Å²) in [6, 6.07) is 1.72. The number of nitrogens with one attached hydrogen (secondary N) is 2. The van der Waals surface area contributed by atoms with Crippen LogP contribution < -0.4 is 5.32 Å². The summed E-state index contributed by atoms with van der Waals surface area (Å²) in [5.74, 6) is -0.123. The molecule has 1 saturated heterocycles. The van der Waals surface area contributed by atoms with E-state index in [9.17, 15) is 4.79 Å².